The van der Waals surface area contributed by atoms with Gasteiger partial charge in [-0.1, -0.05) is 6.07 Å². The Labute approximate surface area is 165 Å². The first-order valence-corrected chi connectivity index (χ1v) is 9.95. The first-order valence-electron chi connectivity index (χ1n) is 9.95. The van der Waals surface area contributed by atoms with Gasteiger partial charge in [-0.2, -0.15) is 0 Å². The lowest BCUT2D eigenvalue weighted by atomic mass is 9.95. The van der Waals surface area contributed by atoms with E-state index in [9.17, 15) is 4.79 Å². The zero-order chi connectivity index (χ0) is 19.3. The van der Waals surface area contributed by atoms with Crippen LogP contribution in [0.4, 0.5) is 0 Å². The normalized spacial score (nSPS) is 19.6. The standard InChI is InChI=1S/C22H27N3O3/c1-27-20-5-4-17-11-16(15-28-21(17)12-20)13-24-19-6-9-25(10-7-19)22(26)18-3-2-8-23-14-18/h2-5,8,12,14,16,19,24H,6-7,9-11,13,15H2,1H3/t16-/m0/s1. The number of pyridine rings is 1. The molecule has 1 saturated heterocycles. The van der Waals surface area contributed by atoms with Crippen molar-refractivity contribution in [3.05, 3.63) is 53.9 Å². The summed E-state index contributed by atoms with van der Waals surface area (Å²) in [5, 5.41) is 3.69. The number of likely N-dealkylation sites (tertiary alicyclic amines) is 1. The average molecular weight is 381 g/mol. The molecule has 0 unspecified atom stereocenters. The molecular formula is C22H27N3O3. The molecule has 148 valence electrons. The number of fused-ring (bicyclic) bond motifs is 1. The van der Waals surface area contributed by atoms with Crippen LogP contribution in [-0.2, 0) is 6.42 Å². The van der Waals surface area contributed by atoms with Crippen LogP contribution in [0.5, 0.6) is 11.5 Å². The predicted molar refractivity (Wildman–Crippen MR) is 107 cm³/mol. The number of hydrogen-bond donors (Lipinski definition) is 1. The summed E-state index contributed by atoms with van der Waals surface area (Å²) in [4.78, 5) is 18.5. The van der Waals surface area contributed by atoms with Gasteiger partial charge in [-0.25, -0.2) is 0 Å². The molecule has 2 aromatic rings. The van der Waals surface area contributed by atoms with Crippen molar-refractivity contribution in [2.75, 3.05) is 33.4 Å². The first-order chi connectivity index (χ1) is 13.7. The third kappa shape index (κ3) is 4.28. The number of piperidine rings is 1. The number of rotatable bonds is 5. The predicted octanol–water partition coefficient (Wildman–Crippen LogP) is 2.54. The zero-order valence-corrected chi connectivity index (χ0v) is 16.3. The van der Waals surface area contributed by atoms with Gasteiger partial charge in [0.25, 0.3) is 5.91 Å². The molecule has 2 aliphatic rings. The molecule has 0 aliphatic carbocycles. The smallest absolute Gasteiger partial charge is 0.255 e. The van der Waals surface area contributed by atoms with Gasteiger partial charge in [0.2, 0.25) is 0 Å². The first kappa shape index (κ1) is 18.7. The van der Waals surface area contributed by atoms with Crippen molar-refractivity contribution in [1.29, 1.82) is 0 Å². The molecule has 0 saturated carbocycles. The Morgan fingerprint density at radius 3 is 2.93 bits per heavy atom. The number of carbonyl (C=O) groups excluding carboxylic acids is 1. The van der Waals surface area contributed by atoms with Crippen molar-refractivity contribution in [2.24, 2.45) is 5.92 Å². The second-order valence-electron chi connectivity index (χ2n) is 7.57. The molecule has 1 fully saturated rings. The van der Waals surface area contributed by atoms with Crippen LogP contribution in [0.25, 0.3) is 0 Å². The Balaban J connectivity index is 1.23. The van der Waals surface area contributed by atoms with Gasteiger partial charge in [0, 0.05) is 50.1 Å². The molecule has 0 radical (unpaired) electrons. The maximum atomic E-state index is 12.5. The Bertz CT molecular complexity index is 804. The number of aromatic nitrogens is 1. The Morgan fingerprint density at radius 1 is 1.32 bits per heavy atom. The monoisotopic (exact) mass is 381 g/mol. The summed E-state index contributed by atoms with van der Waals surface area (Å²) in [5.41, 5.74) is 1.92. The van der Waals surface area contributed by atoms with E-state index < -0.39 is 0 Å². The molecule has 2 aliphatic heterocycles. The second kappa shape index (κ2) is 8.61. The van der Waals surface area contributed by atoms with Gasteiger partial charge in [0.05, 0.1) is 19.3 Å². The van der Waals surface area contributed by atoms with Gasteiger partial charge in [0.15, 0.2) is 0 Å². The quantitative estimate of drug-likeness (QED) is 0.862. The number of amides is 1. The molecule has 0 spiro atoms. The minimum Gasteiger partial charge on any atom is -0.497 e. The van der Waals surface area contributed by atoms with Crippen molar-refractivity contribution in [2.45, 2.75) is 25.3 Å². The molecule has 6 heteroatoms. The molecule has 3 heterocycles. The highest BCUT2D eigenvalue weighted by atomic mass is 16.5. The SMILES string of the molecule is COc1ccc2c(c1)OC[C@H](CNC1CCN(C(=O)c3cccnc3)CC1)C2. The highest BCUT2D eigenvalue weighted by molar-refractivity contribution is 5.93. The van der Waals surface area contributed by atoms with E-state index in [1.165, 1.54) is 5.56 Å². The number of methoxy groups -OCH3 is 1. The number of ether oxygens (including phenoxy) is 2. The molecule has 4 rings (SSSR count). The molecule has 28 heavy (non-hydrogen) atoms. The second-order valence-corrected chi connectivity index (χ2v) is 7.57. The van der Waals surface area contributed by atoms with Crippen molar-refractivity contribution < 1.29 is 14.3 Å². The van der Waals surface area contributed by atoms with E-state index in [2.05, 4.69) is 16.4 Å². The Morgan fingerprint density at radius 2 is 2.18 bits per heavy atom. The van der Waals surface area contributed by atoms with Gasteiger partial charge in [-0.15, -0.1) is 0 Å². The fraction of sp³-hybridized carbons (Fsp3) is 0.455. The maximum Gasteiger partial charge on any atom is 0.255 e. The molecule has 1 aromatic heterocycles. The van der Waals surface area contributed by atoms with Crippen LogP contribution in [0.3, 0.4) is 0 Å². The van der Waals surface area contributed by atoms with Gasteiger partial charge in [0.1, 0.15) is 11.5 Å². The zero-order valence-electron chi connectivity index (χ0n) is 16.3. The number of carbonyl (C=O) groups is 1. The van der Waals surface area contributed by atoms with E-state index >= 15 is 0 Å². The highest BCUT2D eigenvalue weighted by Gasteiger charge is 2.25. The Hall–Kier alpha value is -2.60. The van der Waals surface area contributed by atoms with Gasteiger partial charge in [-0.3, -0.25) is 9.78 Å². The molecule has 0 bridgehead atoms. The van der Waals surface area contributed by atoms with Crippen LogP contribution in [-0.4, -0.2) is 55.2 Å². The molecule has 1 atom stereocenters. The summed E-state index contributed by atoms with van der Waals surface area (Å²) >= 11 is 0. The summed E-state index contributed by atoms with van der Waals surface area (Å²) in [6, 6.07) is 10.2. The van der Waals surface area contributed by atoms with Gasteiger partial charge in [-0.05, 0) is 43.0 Å². The summed E-state index contributed by atoms with van der Waals surface area (Å²) in [6.45, 7) is 3.24. The largest absolute Gasteiger partial charge is 0.497 e. The van der Waals surface area contributed by atoms with E-state index in [0.717, 1.165) is 57.0 Å². The third-order valence-corrected chi connectivity index (χ3v) is 5.64. The average Bonchev–Trinajstić information content (AvgIpc) is 2.77. The van der Waals surface area contributed by atoms with Crippen LogP contribution < -0.4 is 14.8 Å². The Kier molecular flexibility index (Phi) is 5.76. The summed E-state index contributed by atoms with van der Waals surface area (Å²) in [7, 11) is 1.67. The van der Waals surface area contributed by atoms with Crippen molar-refractivity contribution in [1.82, 2.24) is 15.2 Å². The maximum absolute atomic E-state index is 12.5. The molecule has 1 N–H and O–H groups in total. The van der Waals surface area contributed by atoms with Crippen LogP contribution in [0.2, 0.25) is 0 Å². The van der Waals surface area contributed by atoms with E-state index in [4.69, 9.17) is 9.47 Å². The van der Waals surface area contributed by atoms with Gasteiger partial charge >= 0.3 is 0 Å². The lowest BCUT2D eigenvalue weighted by Gasteiger charge is -2.34. The van der Waals surface area contributed by atoms with Crippen molar-refractivity contribution in [3.8, 4) is 11.5 Å². The summed E-state index contributed by atoms with van der Waals surface area (Å²) in [6.07, 6.45) is 6.31. The topological polar surface area (TPSA) is 63.7 Å². The minimum atomic E-state index is 0.0827. The molecular weight excluding hydrogens is 354 g/mol. The molecule has 1 aromatic carbocycles. The number of nitrogens with one attached hydrogen (secondary N) is 1. The summed E-state index contributed by atoms with van der Waals surface area (Å²) < 4.78 is 11.2. The van der Waals surface area contributed by atoms with E-state index in [-0.39, 0.29) is 5.91 Å². The minimum absolute atomic E-state index is 0.0827. The fourth-order valence-electron chi connectivity index (χ4n) is 3.97. The highest BCUT2D eigenvalue weighted by Crippen LogP contribution is 2.31. The number of benzene rings is 1. The van der Waals surface area contributed by atoms with Crippen LogP contribution in [0, 0.1) is 5.92 Å². The van der Waals surface area contributed by atoms with Crippen LogP contribution >= 0.6 is 0 Å². The summed E-state index contributed by atoms with van der Waals surface area (Å²) in [5.74, 6) is 2.33. The lowest BCUT2D eigenvalue weighted by Crippen LogP contribution is -2.46. The van der Waals surface area contributed by atoms with E-state index in [0.29, 0.717) is 17.5 Å². The lowest BCUT2D eigenvalue weighted by molar-refractivity contribution is 0.0702. The van der Waals surface area contributed by atoms with Crippen molar-refractivity contribution in [3.63, 3.8) is 0 Å². The van der Waals surface area contributed by atoms with E-state index in [1.54, 1.807) is 19.5 Å². The molecule has 6 nitrogen and oxygen atoms in total. The number of nitrogens with zero attached hydrogens (tertiary/aromatic N) is 2. The van der Waals surface area contributed by atoms with Gasteiger partial charge < -0.3 is 19.7 Å². The third-order valence-electron chi connectivity index (χ3n) is 5.64. The van der Waals surface area contributed by atoms with E-state index in [1.807, 2.05) is 29.2 Å². The van der Waals surface area contributed by atoms with Crippen LogP contribution in [0.15, 0.2) is 42.7 Å². The molecule has 1 amide bonds. The van der Waals surface area contributed by atoms with Crippen molar-refractivity contribution >= 4 is 5.91 Å². The van der Waals surface area contributed by atoms with Crippen LogP contribution in [0.1, 0.15) is 28.8 Å². The number of hydrogen-bond acceptors (Lipinski definition) is 5. The fourth-order valence-corrected chi connectivity index (χ4v) is 3.97.